The van der Waals surface area contributed by atoms with E-state index in [-0.39, 0.29) is 12.3 Å². The summed E-state index contributed by atoms with van der Waals surface area (Å²) in [7, 11) is 0. The maximum atomic E-state index is 12.1. The zero-order valence-electron chi connectivity index (χ0n) is 12.7. The number of fused-ring (bicyclic) bond motifs is 2. The van der Waals surface area contributed by atoms with Crippen molar-refractivity contribution in [2.24, 2.45) is 0 Å². The predicted molar refractivity (Wildman–Crippen MR) is 81.8 cm³/mol. The Morgan fingerprint density at radius 2 is 1.95 bits per heavy atom. The Hall–Kier alpha value is -2.30. The van der Waals surface area contributed by atoms with Crippen molar-refractivity contribution < 1.29 is 19.1 Å². The van der Waals surface area contributed by atoms with Crippen LogP contribution in [0.1, 0.15) is 37.0 Å². The summed E-state index contributed by atoms with van der Waals surface area (Å²) >= 11 is 0. The first-order valence-corrected chi connectivity index (χ1v) is 7.43. The lowest BCUT2D eigenvalue weighted by molar-refractivity contribution is -0.145. The van der Waals surface area contributed by atoms with Gasteiger partial charge in [0.25, 0.3) is 0 Å². The first-order chi connectivity index (χ1) is 10.4. The second-order valence-electron chi connectivity index (χ2n) is 6.39. The SMILES string of the molecule is CC(C)(NC(=O)Cc1coc2cc3c(cc12)CCC3)C(=O)O. The number of aliphatic carboxylic acids is 1. The minimum atomic E-state index is -1.28. The fourth-order valence-electron chi connectivity index (χ4n) is 2.90. The second-order valence-corrected chi connectivity index (χ2v) is 6.39. The molecular formula is C17H19NO4. The van der Waals surface area contributed by atoms with Crippen LogP contribution in [0.25, 0.3) is 11.0 Å². The number of benzene rings is 1. The van der Waals surface area contributed by atoms with E-state index in [9.17, 15) is 9.59 Å². The van der Waals surface area contributed by atoms with Gasteiger partial charge in [-0.05, 0) is 56.4 Å². The number of carbonyl (C=O) groups is 2. The van der Waals surface area contributed by atoms with Gasteiger partial charge in [-0.25, -0.2) is 4.79 Å². The van der Waals surface area contributed by atoms with Crippen LogP contribution in [0, 0.1) is 0 Å². The lowest BCUT2D eigenvalue weighted by Gasteiger charge is -2.20. The number of carbonyl (C=O) groups excluding carboxylic acids is 1. The molecule has 1 heterocycles. The predicted octanol–water partition coefficient (Wildman–Crippen LogP) is 2.44. The molecule has 3 rings (SSSR count). The largest absolute Gasteiger partial charge is 0.480 e. The van der Waals surface area contributed by atoms with Crippen molar-refractivity contribution in [2.45, 2.75) is 45.1 Å². The smallest absolute Gasteiger partial charge is 0.328 e. The van der Waals surface area contributed by atoms with E-state index in [4.69, 9.17) is 9.52 Å². The van der Waals surface area contributed by atoms with Gasteiger partial charge in [-0.1, -0.05) is 0 Å². The average Bonchev–Trinajstić information content (AvgIpc) is 3.02. The third kappa shape index (κ3) is 2.58. The summed E-state index contributed by atoms with van der Waals surface area (Å²) in [6.45, 7) is 2.93. The average molecular weight is 301 g/mol. The van der Waals surface area contributed by atoms with E-state index in [0.29, 0.717) is 0 Å². The number of furan rings is 1. The Morgan fingerprint density at radius 1 is 1.27 bits per heavy atom. The normalized spacial score (nSPS) is 14.1. The molecule has 2 N–H and O–H groups in total. The molecule has 116 valence electrons. The van der Waals surface area contributed by atoms with Crippen molar-refractivity contribution >= 4 is 22.8 Å². The highest BCUT2D eigenvalue weighted by molar-refractivity contribution is 5.91. The van der Waals surface area contributed by atoms with Crippen molar-refractivity contribution in [3.63, 3.8) is 0 Å². The molecule has 0 atom stereocenters. The summed E-state index contributed by atoms with van der Waals surface area (Å²) in [5, 5.41) is 12.5. The number of aryl methyl sites for hydroxylation is 2. The molecule has 0 fully saturated rings. The van der Waals surface area contributed by atoms with Crippen LogP contribution in [0.3, 0.4) is 0 Å². The standard InChI is InChI=1S/C17H19NO4/c1-17(2,16(20)21)18-15(19)8-12-9-22-14-7-11-5-3-4-10(11)6-13(12)14/h6-7,9H,3-5,8H2,1-2H3,(H,18,19)(H,20,21). The molecule has 2 aromatic rings. The van der Waals surface area contributed by atoms with Crippen LogP contribution in [0.5, 0.6) is 0 Å². The molecular weight excluding hydrogens is 282 g/mol. The van der Waals surface area contributed by atoms with E-state index in [1.807, 2.05) is 0 Å². The van der Waals surface area contributed by atoms with E-state index in [1.165, 1.54) is 25.0 Å². The van der Waals surface area contributed by atoms with Crippen LogP contribution in [-0.4, -0.2) is 22.5 Å². The van der Waals surface area contributed by atoms with Gasteiger partial charge in [-0.15, -0.1) is 0 Å². The monoisotopic (exact) mass is 301 g/mol. The summed E-state index contributed by atoms with van der Waals surface area (Å²) in [6.07, 6.45) is 5.00. The number of hydrogen-bond donors (Lipinski definition) is 2. The second kappa shape index (κ2) is 5.16. The Morgan fingerprint density at radius 3 is 2.64 bits per heavy atom. The van der Waals surface area contributed by atoms with Crippen LogP contribution < -0.4 is 5.32 Å². The highest BCUT2D eigenvalue weighted by Gasteiger charge is 2.29. The molecule has 0 spiro atoms. The van der Waals surface area contributed by atoms with Crippen molar-refractivity contribution in [2.75, 3.05) is 0 Å². The Bertz CT molecular complexity index is 757. The van der Waals surface area contributed by atoms with Crippen LogP contribution >= 0.6 is 0 Å². The lowest BCUT2D eigenvalue weighted by Crippen LogP contribution is -2.50. The van der Waals surface area contributed by atoms with E-state index in [1.54, 1.807) is 6.26 Å². The highest BCUT2D eigenvalue weighted by atomic mass is 16.4. The van der Waals surface area contributed by atoms with Gasteiger partial charge in [0, 0.05) is 10.9 Å². The van der Waals surface area contributed by atoms with E-state index < -0.39 is 11.5 Å². The van der Waals surface area contributed by atoms with Gasteiger partial charge in [0.2, 0.25) is 5.91 Å². The highest BCUT2D eigenvalue weighted by Crippen LogP contribution is 2.30. The molecule has 5 nitrogen and oxygen atoms in total. The van der Waals surface area contributed by atoms with Crippen molar-refractivity contribution in [1.82, 2.24) is 5.32 Å². The molecule has 5 heteroatoms. The Kier molecular flexibility index (Phi) is 3.43. The first-order valence-electron chi connectivity index (χ1n) is 7.43. The molecule has 1 amide bonds. The third-order valence-electron chi connectivity index (χ3n) is 4.21. The molecule has 0 aliphatic heterocycles. The van der Waals surface area contributed by atoms with E-state index in [2.05, 4.69) is 17.4 Å². The molecule has 1 aliphatic carbocycles. The summed E-state index contributed by atoms with van der Waals surface area (Å²) < 4.78 is 5.56. The summed E-state index contributed by atoms with van der Waals surface area (Å²) in [6, 6.07) is 4.16. The Labute approximate surface area is 128 Å². The number of rotatable bonds is 4. The van der Waals surface area contributed by atoms with Crippen LogP contribution in [0.2, 0.25) is 0 Å². The van der Waals surface area contributed by atoms with Gasteiger partial charge in [-0.2, -0.15) is 0 Å². The van der Waals surface area contributed by atoms with Gasteiger partial charge in [0.15, 0.2) is 0 Å². The summed E-state index contributed by atoms with van der Waals surface area (Å²) in [5.74, 6) is -1.38. The molecule has 0 bridgehead atoms. The molecule has 0 unspecified atom stereocenters. The molecule has 0 saturated heterocycles. The minimum absolute atomic E-state index is 0.114. The topological polar surface area (TPSA) is 79.5 Å². The van der Waals surface area contributed by atoms with Gasteiger partial charge in [0.1, 0.15) is 11.1 Å². The molecule has 0 radical (unpaired) electrons. The van der Waals surface area contributed by atoms with E-state index >= 15 is 0 Å². The number of amides is 1. The summed E-state index contributed by atoms with van der Waals surface area (Å²) in [5.41, 5.74) is 2.95. The Balaban J connectivity index is 1.82. The van der Waals surface area contributed by atoms with Gasteiger partial charge < -0.3 is 14.8 Å². The van der Waals surface area contributed by atoms with Crippen molar-refractivity contribution in [1.29, 1.82) is 0 Å². The number of nitrogens with one attached hydrogen (secondary N) is 1. The van der Waals surface area contributed by atoms with Crippen molar-refractivity contribution in [3.8, 4) is 0 Å². The number of carboxylic acids is 1. The van der Waals surface area contributed by atoms with Crippen molar-refractivity contribution in [3.05, 3.63) is 35.1 Å². The summed E-state index contributed by atoms with van der Waals surface area (Å²) in [4.78, 5) is 23.2. The van der Waals surface area contributed by atoms with Gasteiger partial charge >= 0.3 is 5.97 Å². The molecule has 1 aromatic carbocycles. The van der Waals surface area contributed by atoms with E-state index in [0.717, 1.165) is 35.8 Å². The van der Waals surface area contributed by atoms with Crippen LogP contribution in [0.4, 0.5) is 0 Å². The third-order valence-corrected chi connectivity index (χ3v) is 4.21. The first kappa shape index (κ1) is 14.6. The molecule has 0 saturated carbocycles. The lowest BCUT2D eigenvalue weighted by atomic mass is 10.0. The quantitative estimate of drug-likeness (QED) is 0.909. The zero-order valence-corrected chi connectivity index (χ0v) is 12.7. The van der Waals surface area contributed by atoms with Gasteiger partial charge in [0.05, 0.1) is 12.7 Å². The fourth-order valence-corrected chi connectivity index (χ4v) is 2.90. The van der Waals surface area contributed by atoms with Crippen LogP contribution in [0.15, 0.2) is 22.8 Å². The fraction of sp³-hybridized carbons (Fsp3) is 0.412. The maximum absolute atomic E-state index is 12.1. The van der Waals surface area contributed by atoms with Gasteiger partial charge in [-0.3, -0.25) is 4.79 Å². The number of carboxylic acid groups (broad SMARTS) is 1. The zero-order chi connectivity index (χ0) is 15.9. The minimum Gasteiger partial charge on any atom is -0.480 e. The maximum Gasteiger partial charge on any atom is 0.328 e. The van der Waals surface area contributed by atoms with Crippen LogP contribution in [-0.2, 0) is 28.9 Å². The molecule has 1 aromatic heterocycles. The molecule has 1 aliphatic rings. The number of hydrogen-bond acceptors (Lipinski definition) is 3. The molecule has 22 heavy (non-hydrogen) atoms.